The summed E-state index contributed by atoms with van der Waals surface area (Å²) in [5, 5.41) is 18.9. The van der Waals surface area contributed by atoms with Crippen LogP contribution in [-0.4, -0.2) is 4.92 Å². The molecular formula is C7H3IN2O2. The summed E-state index contributed by atoms with van der Waals surface area (Å²) in [6.45, 7) is 0. The lowest BCUT2D eigenvalue weighted by atomic mass is 10.2. The van der Waals surface area contributed by atoms with Crippen LogP contribution in [0.15, 0.2) is 18.2 Å². The van der Waals surface area contributed by atoms with Gasteiger partial charge in [-0.05, 0) is 34.7 Å². The zero-order valence-electron chi connectivity index (χ0n) is 5.82. The Hall–Kier alpha value is -1.16. The van der Waals surface area contributed by atoms with Crippen molar-refractivity contribution in [2.45, 2.75) is 0 Å². The van der Waals surface area contributed by atoms with Crippen LogP contribution in [-0.2, 0) is 0 Å². The van der Waals surface area contributed by atoms with E-state index >= 15 is 0 Å². The molecule has 0 fully saturated rings. The van der Waals surface area contributed by atoms with Crippen molar-refractivity contribution in [3.8, 4) is 6.07 Å². The normalized spacial score (nSPS) is 9.00. The Balaban J connectivity index is 3.34. The predicted octanol–water partition coefficient (Wildman–Crippen LogP) is 2.07. The molecule has 0 saturated heterocycles. The Labute approximate surface area is 82.1 Å². The topological polar surface area (TPSA) is 66.9 Å². The minimum Gasteiger partial charge on any atom is -0.258 e. The summed E-state index contributed by atoms with van der Waals surface area (Å²) in [4.78, 5) is 9.83. The quantitative estimate of drug-likeness (QED) is 0.447. The third kappa shape index (κ3) is 1.71. The van der Waals surface area contributed by atoms with Gasteiger partial charge in [0.1, 0.15) is 11.6 Å². The highest BCUT2D eigenvalue weighted by atomic mass is 127. The molecule has 0 heterocycles. The van der Waals surface area contributed by atoms with E-state index < -0.39 is 4.92 Å². The number of hydrogen-bond acceptors (Lipinski definition) is 3. The van der Waals surface area contributed by atoms with E-state index in [0.717, 1.165) is 3.57 Å². The van der Waals surface area contributed by atoms with Crippen LogP contribution < -0.4 is 0 Å². The number of hydrogen-bond donors (Lipinski definition) is 0. The van der Waals surface area contributed by atoms with Crippen molar-refractivity contribution < 1.29 is 4.92 Å². The molecule has 0 atom stereocenters. The third-order valence-electron chi connectivity index (χ3n) is 1.28. The molecule has 0 aliphatic carbocycles. The van der Waals surface area contributed by atoms with Crippen LogP contribution in [0, 0.1) is 25.0 Å². The molecular weight excluding hydrogens is 271 g/mol. The highest BCUT2D eigenvalue weighted by Crippen LogP contribution is 2.20. The fourth-order valence-corrected chi connectivity index (χ4v) is 1.23. The lowest BCUT2D eigenvalue weighted by molar-refractivity contribution is -0.385. The molecule has 0 aliphatic heterocycles. The molecule has 0 aliphatic rings. The van der Waals surface area contributed by atoms with Crippen LogP contribution in [0.4, 0.5) is 5.69 Å². The van der Waals surface area contributed by atoms with Crippen molar-refractivity contribution in [3.05, 3.63) is 37.4 Å². The van der Waals surface area contributed by atoms with Crippen LogP contribution in [0.1, 0.15) is 5.56 Å². The summed E-state index contributed by atoms with van der Waals surface area (Å²) in [6, 6.07) is 6.24. The Morgan fingerprint density at radius 3 is 2.75 bits per heavy atom. The first-order valence-corrected chi connectivity index (χ1v) is 4.07. The maximum absolute atomic E-state index is 10.4. The van der Waals surface area contributed by atoms with Crippen LogP contribution in [0.3, 0.4) is 0 Å². The number of rotatable bonds is 1. The van der Waals surface area contributed by atoms with Gasteiger partial charge >= 0.3 is 0 Å². The molecule has 1 aromatic carbocycles. The van der Waals surface area contributed by atoms with Crippen molar-refractivity contribution in [1.29, 1.82) is 5.26 Å². The molecule has 0 bridgehead atoms. The third-order valence-corrected chi connectivity index (χ3v) is 1.95. The van der Waals surface area contributed by atoms with Gasteiger partial charge in [0.25, 0.3) is 5.69 Å². The number of benzene rings is 1. The molecule has 5 heteroatoms. The van der Waals surface area contributed by atoms with Gasteiger partial charge in [-0.1, -0.05) is 0 Å². The highest BCUT2D eigenvalue weighted by molar-refractivity contribution is 14.1. The molecule has 0 N–H and O–H groups in total. The lowest BCUT2D eigenvalue weighted by Gasteiger charge is -1.93. The average Bonchev–Trinajstić information content (AvgIpc) is 2.04. The van der Waals surface area contributed by atoms with Gasteiger partial charge in [-0.15, -0.1) is 0 Å². The van der Waals surface area contributed by atoms with Crippen molar-refractivity contribution in [1.82, 2.24) is 0 Å². The van der Waals surface area contributed by atoms with Crippen LogP contribution >= 0.6 is 22.6 Å². The minimum atomic E-state index is -0.555. The first kappa shape index (κ1) is 8.93. The number of nitro benzene ring substituents is 1. The monoisotopic (exact) mass is 274 g/mol. The summed E-state index contributed by atoms with van der Waals surface area (Å²) in [5.74, 6) is 0. The molecule has 12 heavy (non-hydrogen) atoms. The zero-order valence-corrected chi connectivity index (χ0v) is 7.98. The van der Waals surface area contributed by atoms with Gasteiger partial charge in [-0.3, -0.25) is 10.1 Å². The second-order valence-corrected chi connectivity index (χ2v) is 3.28. The average molecular weight is 274 g/mol. The fraction of sp³-hybridized carbons (Fsp3) is 0. The van der Waals surface area contributed by atoms with Gasteiger partial charge in [-0.2, -0.15) is 5.26 Å². The molecule has 0 unspecified atom stereocenters. The van der Waals surface area contributed by atoms with Crippen molar-refractivity contribution in [3.63, 3.8) is 0 Å². The summed E-state index contributed by atoms with van der Waals surface area (Å²) in [6.07, 6.45) is 0. The molecule has 0 radical (unpaired) electrons. The Kier molecular flexibility index (Phi) is 2.60. The van der Waals surface area contributed by atoms with E-state index in [9.17, 15) is 10.1 Å². The van der Waals surface area contributed by atoms with Gasteiger partial charge in [0.2, 0.25) is 0 Å². The Bertz CT molecular complexity index is 370. The standard InChI is InChI=1S/C7H3IN2O2/c8-6-2-1-5(4-9)7(3-6)10(11)12/h1-3H. The molecule has 4 nitrogen and oxygen atoms in total. The highest BCUT2D eigenvalue weighted by Gasteiger charge is 2.12. The van der Waals surface area contributed by atoms with Gasteiger partial charge in [-0.25, -0.2) is 0 Å². The van der Waals surface area contributed by atoms with E-state index in [2.05, 4.69) is 0 Å². The van der Waals surface area contributed by atoms with E-state index in [1.807, 2.05) is 22.6 Å². The molecule has 0 amide bonds. The van der Waals surface area contributed by atoms with Gasteiger partial charge < -0.3 is 0 Å². The first-order chi connectivity index (χ1) is 5.65. The van der Waals surface area contributed by atoms with Crippen LogP contribution in [0.2, 0.25) is 0 Å². The number of nitro groups is 1. The van der Waals surface area contributed by atoms with Gasteiger partial charge in [0.15, 0.2) is 0 Å². The predicted molar refractivity (Wildman–Crippen MR) is 50.5 cm³/mol. The number of halogens is 1. The fourth-order valence-electron chi connectivity index (χ4n) is 0.750. The number of nitriles is 1. The van der Waals surface area contributed by atoms with Crippen LogP contribution in [0.5, 0.6) is 0 Å². The van der Waals surface area contributed by atoms with Crippen molar-refractivity contribution in [2.24, 2.45) is 0 Å². The molecule has 0 saturated carbocycles. The van der Waals surface area contributed by atoms with Crippen molar-refractivity contribution >= 4 is 28.3 Å². The summed E-state index contributed by atoms with van der Waals surface area (Å²) >= 11 is 1.96. The maximum Gasteiger partial charge on any atom is 0.288 e. The zero-order chi connectivity index (χ0) is 9.14. The second kappa shape index (κ2) is 3.49. The first-order valence-electron chi connectivity index (χ1n) is 2.99. The molecule has 0 spiro atoms. The van der Waals surface area contributed by atoms with Crippen LogP contribution in [0.25, 0.3) is 0 Å². The van der Waals surface area contributed by atoms with Gasteiger partial charge in [0.05, 0.1) is 4.92 Å². The molecule has 60 valence electrons. The second-order valence-electron chi connectivity index (χ2n) is 2.03. The van der Waals surface area contributed by atoms with E-state index in [4.69, 9.17) is 5.26 Å². The van der Waals surface area contributed by atoms with E-state index in [1.54, 1.807) is 12.1 Å². The smallest absolute Gasteiger partial charge is 0.258 e. The largest absolute Gasteiger partial charge is 0.288 e. The van der Waals surface area contributed by atoms with E-state index in [0.29, 0.717) is 0 Å². The Morgan fingerprint density at radius 1 is 1.58 bits per heavy atom. The SMILES string of the molecule is N#Cc1ccc(I)cc1[N+](=O)[O-]. The number of nitrogens with zero attached hydrogens (tertiary/aromatic N) is 2. The van der Waals surface area contributed by atoms with Gasteiger partial charge in [0, 0.05) is 9.64 Å². The van der Waals surface area contributed by atoms with E-state index in [-0.39, 0.29) is 11.3 Å². The van der Waals surface area contributed by atoms with E-state index in [1.165, 1.54) is 12.1 Å². The molecule has 1 aromatic rings. The maximum atomic E-state index is 10.4. The minimum absolute atomic E-state index is 0.0976. The summed E-state index contributed by atoms with van der Waals surface area (Å²) in [7, 11) is 0. The Morgan fingerprint density at radius 2 is 2.25 bits per heavy atom. The van der Waals surface area contributed by atoms with Crippen molar-refractivity contribution in [2.75, 3.05) is 0 Å². The molecule has 1 rings (SSSR count). The summed E-state index contributed by atoms with van der Waals surface area (Å²) < 4.78 is 0.748. The lowest BCUT2D eigenvalue weighted by Crippen LogP contribution is -1.92. The molecule has 0 aromatic heterocycles. The summed E-state index contributed by atoms with van der Waals surface area (Å²) in [5.41, 5.74) is -0.0372.